The van der Waals surface area contributed by atoms with Crippen molar-refractivity contribution in [2.45, 2.75) is 64.8 Å². The van der Waals surface area contributed by atoms with E-state index >= 15 is 0 Å². The van der Waals surface area contributed by atoms with Crippen LogP contribution in [0.15, 0.2) is 0 Å². The minimum Gasteiger partial charge on any atom is -0.354 e. The standard InChI is InChI=1S/C16H30N2O/c1-13(2)12-18-10-6-9-15(18)16(19)17-11-14-7-4-3-5-8-14/h13-15H,3-12H2,1-2H3,(H,17,19)/t15-/m1/s1. The number of carbonyl (C=O) groups excluding carboxylic acids is 1. The first kappa shape index (κ1) is 14.8. The van der Waals surface area contributed by atoms with Crippen molar-refractivity contribution in [1.82, 2.24) is 10.2 Å². The Morgan fingerprint density at radius 3 is 2.58 bits per heavy atom. The highest BCUT2D eigenvalue weighted by Gasteiger charge is 2.30. The fraction of sp³-hybridized carbons (Fsp3) is 0.938. The Labute approximate surface area is 118 Å². The first-order valence-corrected chi connectivity index (χ1v) is 8.18. The monoisotopic (exact) mass is 266 g/mol. The highest BCUT2D eigenvalue weighted by Crippen LogP contribution is 2.23. The van der Waals surface area contributed by atoms with Gasteiger partial charge in [-0.15, -0.1) is 0 Å². The second-order valence-electron chi connectivity index (χ2n) is 6.80. The fourth-order valence-corrected chi connectivity index (χ4v) is 3.56. The summed E-state index contributed by atoms with van der Waals surface area (Å²) in [5.41, 5.74) is 0. The third-order valence-corrected chi connectivity index (χ3v) is 4.56. The Morgan fingerprint density at radius 2 is 1.89 bits per heavy atom. The fourth-order valence-electron chi connectivity index (χ4n) is 3.56. The Kier molecular flexibility index (Phi) is 5.68. The summed E-state index contributed by atoms with van der Waals surface area (Å²) in [6.45, 7) is 7.52. The van der Waals surface area contributed by atoms with Crippen LogP contribution in [0.4, 0.5) is 0 Å². The molecule has 3 nitrogen and oxygen atoms in total. The van der Waals surface area contributed by atoms with Gasteiger partial charge in [-0.2, -0.15) is 0 Å². The van der Waals surface area contributed by atoms with Gasteiger partial charge in [-0.25, -0.2) is 0 Å². The van der Waals surface area contributed by atoms with E-state index in [1.165, 1.54) is 38.5 Å². The minimum atomic E-state index is 0.144. The van der Waals surface area contributed by atoms with Gasteiger partial charge in [0.1, 0.15) is 0 Å². The molecular formula is C16H30N2O. The van der Waals surface area contributed by atoms with Crippen LogP contribution in [-0.2, 0) is 4.79 Å². The van der Waals surface area contributed by atoms with Gasteiger partial charge in [0, 0.05) is 13.1 Å². The number of nitrogens with zero attached hydrogens (tertiary/aromatic N) is 1. The van der Waals surface area contributed by atoms with Crippen LogP contribution in [0.25, 0.3) is 0 Å². The van der Waals surface area contributed by atoms with E-state index in [-0.39, 0.29) is 11.9 Å². The number of nitrogens with one attached hydrogen (secondary N) is 1. The molecule has 19 heavy (non-hydrogen) atoms. The molecule has 0 bridgehead atoms. The zero-order valence-electron chi connectivity index (χ0n) is 12.7. The Balaban J connectivity index is 1.75. The highest BCUT2D eigenvalue weighted by atomic mass is 16.2. The molecule has 0 aromatic heterocycles. The molecule has 1 amide bonds. The molecule has 0 spiro atoms. The first-order chi connectivity index (χ1) is 9.16. The van der Waals surface area contributed by atoms with Crippen LogP contribution >= 0.6 is 0 Å². The topological polar surface area (TPSA) is 32.3 Å². The lowest BCUT2D eigenvalue weighted by Gasteiger charge is -2.27. The quantitative estimate of drug-likeness (QED) is 0.830. The van der Waals surface area contributed by atoms with Gasteiger partial charge in [0.2, 0.25) is 5.91 Å². The van der Waals surface area contributed by atoms with Crippen molar-refractivity contribution in [2.75, 3.05) is 19.6 Å². The number of hydrogen-bond acceptors (Lipinski definition) is 2. The average Bonchev–Trinajstić information content (AvgIpc) is 2.84. The van der Waals surface area contributed by atoms with Crippen molar-refractivity contribution in [3.05, 3.63) is 0 Å². The largest absolute Gasteiger partial charge is 0.354 e. The third kappa shape index (κ3) is 4.48. The lowest BCUT2D eigenvalue weighted by molar-refractivity contribution is -0.125. The zero-order valence-corrected chi connectivity index (χ0v) is 12.7. The summed E-state index contributed by atoms with van der Waals surface area (Å²) < 4.78 is 0. The molecule has 1 aliphatic carbocycles. The summed E-state index contributed by atoms with van der Waals surface area (Å²) in [6.07, 6.45) is 8.92. The zero-order chi connectivity index (χ0) is 13.7. The number of rotatable bonds is 5. The third-order valence-electron chi connectivity index (χ3n) is 4.56. The molecule has 110 valence electrons. The Bertz CT molecular complexity index is 284. The molecule has 1 saturated heterocycles. The van der Waals surface area contributed by atoms with Crippen molar-refractivity contribution < 1.29 is 4.79 Å². The molecule has 2 aliphatic rings. The van der Waals surface area contributed by atoms with Gasteiger partial charge in [-0.1, -0.05) is 33.1 Å². The summed E-state index contributed by atoms with van der Waals surface area (Å²) in [5, 5.41) is 3.22. The van der Waals surface area contributed by atoms with Crippen LogP contribution < -0.4 is 5.32 Å². The maximum absolute atomic E-state index is 12.3. The van der Waals surface area contributed by atoms with Crippen LogP contribution in [0, 0.1) is 11.8 Å². The molecule has 0 unspecified atom stereocenters. The van der Waals surface area contributed by atoms with Crippen LogP contribution in [0.5, 0.6) is 0 Å². The first-order valence-electron chi connectivity index (χ1n) is 8.18. The van der Waals surface area contributed by atoms with Gasteiger partial charge in [0.25, 0.3) is 0 Å². The lowest BCUT2D eigenvalue weighted by Crippen LogP contribution is -2.45. The Hall–Kier alpha value is -0.570. The Morgan fingerprint density at radius 1 is 1.16 bits per heavy atom. The highest BCUT2D eigenvalue weighted by molar-refractivity contribution is 5.82. The molecule has 0 aromatic rings. The molecule has 2 rings (SSSR count). The molecule has 2 fully saturated rings. The van der Waals surface area contributed by atoms with Gasteiger partial charge in [-0.3, -0.25) is 9.69 Å². The van der Waals surface area contributed by atoms with Gasteiger partial charge in [0.05, 0.1) is 6.04 Å². The van der Waals surface area contributed by atoms with E-state index in [4.69, 9.17) is 0 Å². The van der Waals surface area contributed by atoms with E-state index in [1.54, 1.807) is 0 Å². The second-order valence-corrected chi connectivity index (χ2v) is 6.80. The summed E-state index contributed by atoms with van der Waals surface area (Å²) in [5.74, 6) is 1.66. The molecule has 3 heteroatoms. The van der Waals surface area contributed by atoms with Crippen molar-refractivity contribution in [3.8, 4) is 0 Å². The normalized spacial score (nSPS) is 25.9. The SMILES string of the molecule is CC(C)CN1CCC[C@@H]1C(=O)NCC1CCCCC1. The van der Waals surface area contributed by atoms with Crippen LogP contribution in [0.1, 0.15) is 58.8 Å². The number of likely N-dealkylation sites (tertiary alicyclic amines) is 1. The van der Waals surface area contributed by atoms with E-state index in [0.29, 0.717) is 5.92 Å². The molecule has 0 aromatic carbocycles. The van der Waals surface area contributed by atoms with E-state index in [0.717, 1.165) is 32.0 Å². The predicted molar refractivity (Wildman–Crippen MR) is 79.0 cm³/mol. The van der Waals surface area contributed by atoms with Gasteiger partial charge in [-0.05, 0) is 44.1 Å². The molecule has 1 N–H and O–H groups in total. The average molecular weight is 266 g/mol. The molecule has 0 radical (unpaired) electrons. The van der Waals surface area contributed by atoms with Crippen LogP contribution in [-0.4, -0.2) is 36.5 Å². The van der Waals surface area contributed by atoms with E-state index in [9.17, 15) is 4.79 Å². The van der Waals surface area contributed by atoms with Gasteiger partial charge < -0.3 is 5.32 Å². The van der Waals surface area contributed by atoms with Crippen molar-refractivity contribution in [2.24, 2.45) is 11.8 Å². The van der Waals surface area contributed by atoms with Gasteiger partial charge >= 0.3 is 0 Å². The number of amides is 1. The summed E-state index contributed by atoms with van der Waals surface area (Å²) >= 11 is 0. The summed E-state index contributed by atoms with van der Waals surface area (Å²) in [4.78, 5) is 14.7. The number of carbonyl (C=O) groups is 1. The summed E-state index contributed by atoms with van der Waals surface area (Å²) in [6, 6.07) is 0.144. The van der Waals surface area contributed by atoms with E-state index in [1.807, 2.05) is 0 Å². The van der Waals surface area contributed by atoms with Crippen molar-refractivity contribution >= 4 is 5.91 Å². The molecule has 1 saturated carbocycles. The van der Waals surface area contributed by atoms with Crippen molar-refractivity contribution in [1.29, 1.82) is 0 Å². The minimum absolute atomic E-state index is 0.144. The van der Waals surface area contributed by atoms with Crippen molar-refractivity contribution in [3.63, 3.8) is 0 Å². The molecule has 1 aliphatic heterocycles. The number of hydrogen-bond donors (Lipinski definition) is 1. The molecule has 1 heterocycles. The maximum atomic E-state index is 12.3. The lowest BCUT2D eigenvalue weighted by atomic mass is 9.89. The molecule has 1 atom stereocenters. The maximum Gasteiger partial charge on any atom is 0.237 e. The summed E-state index contributed by atoms with van der Waals surface area (Å²) in [7, 11) is 0. The van der Waals surface area contributed by atoms with Gasteiger partial charge in [0.15, 0.2) is 0 Å². The smallest absolute Gasteiger partial charge is 0.237 e. The van der Waals surface area contributed by atoms with E-state index < -0.39 is 0 Å². The van der Waals surface area contributed by atoms with Crippen LogP contribution in [0.3, 0.4) is 0 Å². The predicted octanol–water partition coefficient (Wildman–Crippen LogP) is 2.80. The van der Waals surface area contributed by atoms with Crippen LogP contribution in [0.2, 0.25) is 0 Å². The second kappa shape index (κ2) is 7.28. The van der Waals surface area contributed by atoms with E-state index in [2.05, 4.69) is 24.1 Å². The molecular weight excluding hydrogens is 236 g/mol.